The van der Waals surface area contributed by atoms with Crippen LogP contribution in [-0.4, -0.2) is 53.2 Å². The van der Waals surface area contributed by atoms with Gasteiger partial charge < -0.3 is 24.4 Å². The second-order valence-corrected chi connectivity index (χ2v) is 8.87. The van der Waals surface area contributed by atoms with E-state index in [2.05, 4.69) is 51.5 Å². The van der Waals surface area contributed by atoms with E-state index < -0.39 is 0 Å². The van der Waals surface area contributed by atoms with E-state index in [9.17, 15) is 4.79 Å². The molecule has 1 aromatic carbocycles. The topological polar surface area (TPSA) is 98.7 Å². The number of nitrogens with zero attached hydrogens (tertiary/aromatic N) is 4. The Morgan fingerprint density at radius 3 is 2.41 bits per heavy atom. The van der Waals surface area contributed by atoms with Crippen LogP contribution in [0.3, 0.4) is 0 Å². The van der Waals surface area contributed by atoms with Crippen LogP contribution < -0.4 is 15.0 Å². The molecule has 0 radical (unpaired) electrons. The summed E-state index contributed by atoms with van der Waals surface area (Å²) < 4.78 is 17.6. The minimum Gasteiger partial charge on any atom is -0.438 e. The van der Waals surface area contributed by atoms with Crippen molar-refractivity contribution in [3.63, 3.8) is 0 Å². The maximum Gasteiger partial charge on any atom is 0.224 e. The number of nitrogens with one attached hydrogen (secondary N) is 1. The second kappa shape index (κ2) is 13.7. The number of hydrogen-bond acceptors (Lipinski definition) is 9. The van der Waals surface area contributed by atoms with Gasteiger partial charge in [0.1, 0.15) is 17.1 Å². The van der Waals surface area contributed by atoms with E-state index in [1.165, 1.54) is 23.8 Å². The van der Waals surface area contributed by atoms with Gasteiger partial charge >= 0.3 is 0 Å². The zero-order chi connectivity index (χ0) is 26.7. The van der Waals surface area contributed by atoms with E-state index in [1.807, 2.05) is 32.0 Å². The van der Waals surface area contributed by atoms with E-state index in [0.717, 1.165) is 55.4 Å². The summed E-state index contributed by atoms with van der Waals surface area (Å²) in [5.41, 5.74) is 3.93. The van der Waals surface area contributed by atoms with E-state index >= 15 is 0 Å². The fourth-order valence-corrected chi connectivity index (χ4v) is 4.65. The van der Waals surface area contributed by atoms with Crippen LogP contribution in [0.5, 0.6) is 11.6 Å². The third-order valence-corrected chi connectivity index (χ3v) is 6.40. The van der Waals surface area contributed by atoms with Crippen LogP contribution in [-0.2, 0) is 20.7 Å². The lowest BCUT2D eigenvalue weighted by Gasteiger charge is -2.38. The minimum atomic E-state index is -0.347. The average molecular weight is 524 g/mol. The van der Waals surface area contributed by atoms with Gasteiger partial charge in [0.2, 0.25) is 16.9 Å². The van der Waals surface area contributed by atoms with Crippen LogP contribution in [0.15, 0.2) is 41.9 Å². The van der Waals surface area contributed by atoms with Crippen molar-refractivity contribution in [3.05, 3.63) is 53.0 Å². The molecule has 1 amide bonds. The van der Waals surface area contributed by atoms with Crippen molar-refractivity contribution >= 4 is 28.2 Å². The summed E-state index contributed by atoms with van der Waals surface area (Å²) in [6.07, 6.45) is 10.6. The Balaban J connectivity index is 0.000000247. The number of carbonyl (C=O) groups excluding carboxylic acids is 1. The van der Waals surface area contributed by atoms with Gasteiger partial charge in [-0.05, 0) is 23.8 Å². The number of benzene rings is 1. The first-order valence-corrected chi connectivity index (χ1v) is 13.1. The molecule has 0 atom stereocenters. The average Bonchev–Trinajstić information content (AvgIpc) is 3.62. The summed E-state index contributed by atoms with van der Waals surface area (Å²) in [6.45, 7) is 8.64. The van der Waals surface area contributed by atoms with Crippen molar-refractivity contribution in [2.45, 2.75) is 45.8 Å². The van der Waals surface area contributed by atoms with Gasteiger partial charge in [-0.2, -0.15) is 4.98 Å². The summed E-state index contributed by atoms with van der Waals surface area (Å²) in [5.74, 6) is 2.16. The Morgan fingerprint density at radius 2 is 1.76 bits per heavy atom. The largest absolute Gasteiger partial charge is 0.438 e. The van der Waals surface area contributed by atoms with Crippen LogP contribution in [0.25, 0.3) is 0 Å². The number of ether oxygens (including phenoxy) is 3. The highest BCUT2D eigenvalue weighted by molar-refractivity contribution is 7.13. The Morgan fingerprint density at radius 1 is 1.05 bits per heavy atom. The number of terminal acetylenes is 1. The lowest BCUT2D eigenvalue weighted by molar-refractivity contribution is -0.169. The molecule has 2 fully saturated rings. The van der Waals surface area contributed by atoms with Crippen LogP contribution in [0, 0.1) is 12.8 Å². The molecule has 0 saturated carbocycles. The number of hydrogen-bond donors (Lipinski definition) is 1. The van der Waals surface area contributed by atoms with Crippen molar-refractivity contribution in [2.75, 3.05) is 36.5 Å². The Labute approximate surface area is 222 Å². The number of amides is 1. The third-order valence-electron chi connectivity index (χ3n) is 5.79. The standard InChI is InChI=1S/C19H20N2O3.C4H5N3OS.C2H6.C2H2/c1-2-4-16-14(3-1)13-15-5-6-17(20-18(15)24-16)21-9-7-19(8-10-21)22-11-12-23-19;1-3(8)6-4-7-5-2-9-4;2*1-2/h1-6H,7-13H2;2H,1H3,(H,6,7,8);1-2H3;1-2H. The minimum absolute atomic E-state index is 0.119. The third kappa shape index (κ3) is 7.26. The molecule has 3 aromatic rings. The van der Waals surface area contributed by atoms with Crippen LogP contribution in [0.4, 0.5) is 10.9 Å². The summed E-state index contributed by atoms with van der Waals surface area (Å²) in [4.78, 5) is 17.4. The SMILES string of the molecule is C#C.CC.CC(=O)Nc1nncs1.c1ccc2c(c1)Cc1ccc(N3CCC4(CC3)OCCO4)nc1O2. The number of aromatic nitrogens is 3. The molecule has 0 unspecified atom stereocenters. The first-order chi connectivity index (χ1) is 18.1. The van der Waals surface area contributed by atoms with Gasteiger partial charge in [0.15, 0.2) is 5.79 Å². The lowest BCUT2D eigenvalue weighted by atomic mass is 10.0. The maximum atomic E-state index is 10.3. The van der Waals surface area contributed by atoms with E-state index in [4.69, 9.17) is 19.2 Å². The Kier molecular flexibility index (Phi) is 10.4. The van der Waals surface area contributed by atoms with Crippen molar-refractivity contribution in [1.29, 1.82) is 0 Å². The van der Waals surface area contributed by atoms with Crippen LogP contribution in [0.1, 0.15) is 44.7 Å². The Hall–Kier alpha value is -3.52. The van der Waals surface area contributed by atoms with Gasteiger partial charge in [-0.3, -0.25) is 4.79 Å². The molecule has 6 rings (SSSR count). The zero-order valence-electron chi connectivity index (χ0n) is 21.5. The fraction of sp³-hybridized carbons (Fsp3) is 0.407. The number of anilines is 2. The summed E-state index contributed by atoms with van der Waals surface area (Å²) >= 11 is 1.30. The number of pyridine rings is 1. The van der Waals surface area contributed by atoms with E-state index in [0.29, 0.717) is 18.3 Å². The van der Waals surface area contributed by atoms with Crippen molar-refractivity contribution in [3.8, 4) is 24.5 Å². The zero-order valence-corrected chi connectivity index (χ0v) is 22.3. The first-order valence-electron chi connectivity index (χ1n) is 12.3. The van der Waals surface area contributed by atoms with Crippen molar-refractivity contribution in [2.24, 2.45) is 0 Å². The molecule has 10 heteroatoms. The quantitative estimate of drug-likeness (QED) is 0.371. The van der Waals surface area contributed by atoms with Crippen LogP contribution in [0.2, 0.25) is 0 Å². The molecule has 2 aromatic heterocycles. The predicted octanol–water partition coefficient (Wildman–Crippen LogP) is 4.89. The number of carbonyl (C=O) groups is 1. The fourth-order valence-electron chi connectivity index (χ4n) is 4.16. The van der Waals surface area contributed by atoms with Crippen molar-refractivity contribution < 1.29 is 19.0 Å². The summed E-state index contributed by atoms with van der Waals surface area (Å²) in [6, 6.07) is 12.4. The molecule has 9 nitrogen and oxygen atoms in total. The van der Waals surface area contributed by atoms with Gasteiger partial charge in [0, 0.05) is 44.8 Å². The second-order valence-electron chi connectivity index (χ2n) is 8.04. The molecule has 1 spiro atoms. The highest BCUT2D eigenvalue weighted by Crippen LogP contribution is 2.37. The molecule has 2 saturated heterocycles. The molecule has 0 aliphatic carbocycles. The van der Waals surface area contributed by atoms with Gasteiger partial charge in [-0.15, -0.1) is 23.0 Å². The predicted molar refractivity (Wildman–Crippen MR) is 145 cm³/mol. The molecule has 3 aliphatic heterocycles. The first kappa shape index (κ1) is 28.1. The summed E-state index contributed by atoms with van der Waals surface area (Å²) in [5, 5.41) is 10.2. The molecule has 3 aliphatic rings. The van der Waals surface area contributed by atoms with Gasteiger partial charge in [0.25, 0.3) is 0 Å². The molecule has 1 N–H and O–H groups in total. The Bertz CT molecular complexity index is 1150. The number of rotatable bonds is 2. The highest BCUT2D eigenvalue weighted by atomic mass is 32.1. The van der Waals surface area contributed by atoms with Gasteiger partial charge in [0.05, 0.1) is 13.2 Å². The molecule has 37 heavy (non-hydrogen) atoms. The number of para-hydroxylation sites is 1. The van der Waals surface area contributed by atoms with Crippen molar-refractivity contribution in [1.82, 2.24) is 15.2 Å². The normalized spacial score (nSPS) is 16.2. The van der Waals surface area contributed by atoms with Gasteiger partial charge in [-0.1, -0.05) is 43.4 Å². The number of piperidine rings is 1. The van der Waals surface area contributed by atoms with E-state index in [-0.39, 0.29) is 11.7 Å². The molecular formula is C27H33N5O4S. The van der Waals surface area contributed by atoms with Gasteiger partial charge in [-0.25, -0.2) is 0 Å². The number of fused-ring (bicyclic) bond motifs is 2. The molecule has 0 bridgehead atoms. The highest BCUT2D eigenvalue weighted by Gasteiger charge is 2.40. The molecule has 5 heterocycles. The summed E-state index contributed by atoms with van der Waals surface area (Å²) in [7, 11) is 0. The molecule has 196 valence electrons. The monoisotopic (exact) mass is 523 g/mol. The van der Waals surface area contributed by atoms with Crippen LogP contribution >= 0.6 is 11.3 Å². The smallest absolute Gasteiger partial charge is 0.224 e. The van der Waals surface area contributed by atoms with E-state index in [1.54, 1.807) is 5.51 Å². The maximum absolute atomic E-state index is 10.3. The molecular weight excluding hydrogens is 490 g/mol. The lowest BCUT2D eigenvalue weighted by Crippen LogP contribution is -2.45.